The average Bonchev–Trinajstić information content (AvgIpc) is 2.72. The van der Waals surface area contributed by atoms with Crippen LogP contribution in [0.15, 0.2) is 42.5 Å². The highest BCUT2D eigenvalue weighted by molar-refractivity contribution is 6.01. The van der Waals surface area contributed by atoms with Gasteiger partial charge in [0.25, 0.3) is 0 Å². The number of hydrogen-bond donors (Lipinski definition) is 1. The summed E-state index contributed by atoms with van der Waals surface area (Å²) in [7, 11) is 3.17. The van der Waals surface area contributed by atoms with Crippen molar-refractivity contribution in [2.24, 2.45) is 11.7 Å². The molecule has 3 atom stereocenters. The fourth-order valence-corrected chi connectivity index (χ4v) is 4.66. The van der Waals surface area contributed by atoms with E-state index in [2.05, 4.69) is 0 Å². The molecule has 1 fully saturated rings. The van der Waals surface area contributed by atoms with Gasteiger partial charge in [-0.05, 0) is 42.7 Å². The number of methoxy groups -OCH3 is 2. The first-order valence-corrected chi connectivity index (χ1v) is 9.97. The lowest BCUT2D eigenvalue weighted by atomic mass is 9.73. The van der Waals surface area contributed by atoms with E-state index in [1.54, 1.807) is 19.1 Å². The summed E-state index contributed by atoms with van der Waals surface area (Å²) in [5, 5.41) is 0. The minimum absolute atomic E-state index is 0.276. The van der Waals surface area contributed by atoms with E-state index >= 15 is 0 Å². The molecule has 2 N–H and O–H groups in total. The maximum atomic E-state index is 13.3. The van der Waals surface area contributed by atoms with Crippen LogP contribution in [-0.4, -0.2) is 43.2 Å². The Morgan fingerprint density at radius 1 is 1.20 bits per heavy atom. The van der Waals surface area contributed by atoms with Gasteiger partial charge in [0.1, 0.15) is 11.7 Å². The molecule has 0 unspecified atom stereocenters. The van der Waals surface area contributed by atoms with Crippen molar-refractivity contribution in [3.8, 4) is 17.2 Å². The maximum Gasteiger partial charge on any atom is 0.238 e. The molecule has 2 aliphatic heterocycles. The van der Waals surface area contributed by atoms with Crippen LogP contribution in [-0.2, 0) is 16.0 Å². The molecule has 30 heavy (non-hydrogen) atoms. The van der Waals surface area contributed by atoms with E-state index in [1.165, 1.54) is 0 Å². The summed E-state index contributed by atoms with van der Waals surface area (Å²) in [6.07, 6.45) is 1.10. The first-order valence-electron chi connectivity index (χ1n) is 9.97. The molecule has 0 aromatic heterocycles. The molecule has 2 aromatic rings. The number of piperidine rings is 1. The van der Waals surface area contributed by atoms with Crippen molar-refractivity contribution in [2.45, 2.75) is 31.4 Å². The van der Waals surface area contributed by atoms with Crippen molar-refractivity contribution in [3.05, 3.63) is 53.6 Å². The largest absolute Gasteiger partial charge is 0.493 e. The van der Waals surface area contributed by atoms with Gasteiger partial charge in [-0.15, -0.1) is 0 Å². The Balaban J connectivity index is 1.64. The number of ether oxygens (including phenoxy) is 3. The highest BCUT2D eigenvalue weighted by Crippen LogP contribution is 2.50. The standard InChI is InChI=1S/C23H26N2O5/c1-23-13-16(15-6-4-5-7-17(15)30-23)20(21(24)26)22(27)25(23)11-10-14-8-9-18(28-2)19(12-14)29-3/h4-9,12,16,20H,10-11,13H2,1-3H3,(H2,24,26)/t16-,20+,23+/m0/s1. The lowest BCUT2D eigenvalue weighted by Crippen LogP contribution is -2.64. The number of rotatable bonds is 6. The molecule has 2 aliphatic rings. The van der Waals surface area contributed by atoms with E-state index in [9.17, 15) is 9.59 Å². The summed E-state index contributed by atoms with van der Waals surface area (Å²) in [5.74, 6) is -0.0757. The molecular weight excluding hydrogens is 384 g/mol. The van der Waals surface area contributed by atoms with Crippen LogP contribution in [0, 0.1) is 5.92 Å². The third-order valence-electron chi connectivity index (χ3n) is 6.13. The number of para-hydroxylation sites is 1. The van der Waals surface area contributed by atoms with Crippen molar-refractivity contribution in [1.29, 1.82) is 0 Å². The first-order chi connectivity index (χ1) is 14.4. The van der Waals surface area contributed by atoms with Gasteiger partial charge in [-0.1, -0.05) is 24.3 Å². The molecule has 0 saturated carbocycles. The van der Waals surface area contributed by atoms with Crippen molar-refractivity contribution in [3.63, 3.8) is 0 Å². The molecule has 2 bridgehead atoms. The van der Waals surface area contributed by atoms with Gasteiger partial charge < -0.3 is 24.8 Å². The van der Waals surface area contributed by atoms with Crippen LogP contribution in [0.25, 0.3) is 0 Å². The van der Waals surface area contributed by atoms with Crippen molar-refractivity contribution in [2.75, 3.05) is 20.8 Å². The summed E-state index contributed by atoms with van der Waals surface area (Å²) < 4.78 is 16.9. The van der Waals surface area contributed by atoms with Gasteiger partial charge in [0.15, 0.2) is 17.2 Å². The van der Waals surface area contributed by atoms with Crippen LogP contribution in [0.5, 0.6) is 17.2 Å². The lowest BCUT2D eigenvalue weighted by molar-refractivity contribution is -0.175. The number of amides is 2. The van der Waals surface area contributed by atoms with E-state index in [0.717, 1.165) is 11.1 Å². The van der Waals surface area contributed by atoms with Crippen molar-refractivity contribution < 1.29 is 23.8 Å². The third-order valence-corrected chi connectivity index (χ3v) is 6.13. The zero-order valence-corrected chi connectivity index (χ0v) is 17.4. The Morgan fingerprint density at radius 2 is 1.93 bits per heavy atom. The summed E-state index contributed by atoms with van der Waals surface area (Å²) in [4.78, 5) is 27.3. The first kappa shape index (κ1) is 20.1. The second-order valence-electron chi connectivity index (χ2n) is 7.93. The zero-order valence-electron chi connectivity index (χ0n) is 17.4. The number of carbonyl (C=O) groups excluding carboxylic acids is 2. The zero-order chi connectivity index (χ0) is 21.5. The summed E-state index contributed by atoms with van der Waals surface area (Å²) in [6, 6.07) is 13.2. The Morgan fingerprint density at radius 3 is 2.63 bits per heavy atom. The van der Waals surface area contributed by atoms with E-state index in [4.69, 9.17) is 19.9 Å². The van der Waals surface area contributed by atoms with Gasteiger partial charge >= 0.3 is 0 Å². The van der Waals surface area contributed by atoms with Gasteiger partial charge in [0.2, 0.25) is 11.8 Å². The smallest absolute Gasteiger partial charge is 0.238 e. The summed E-state index contributed by atoms with van der Waals surface area (Å²) in [6.45, 7) is 2.29. The van der Waals surface area contributed by atoms with E-state index in [1.807, 2.05) is 49.4 Å². The SMILES string of the molecule is COc1ccc(CCN2C(=O)[C@@H](C(N)=O)[C@H]3C[C@@]2(C)Oc2ccccc23)cc1OC. The predicted molar refractivity (Wildman–Crippen MR) is 110 cm³/mol. The number of fused-ring (bicyclic) bond motifs is 4. The average molecular weight is 410 g/mol. The molecule has 0 radical (unpaired) electrons. The molecule has 158 valence electrons. The number of nitrogens with two attached hydrogens (primary N) is 1. The van der Waals surface area contributed by atoms with Gasteiger partial charge in [-0.25, -0.2) is 0 Å². The summed E-state index contributed by atoms with van der Waals surface area (Å²) >= 11 is 0. The molecule has 1 saturated heterocycles. The van der Waals surface area contributed by atoms with Crippen LogP contribution >= 0.6 is 0 Å². The summed E-state index contributed by atoms with van der Waals surface area (Å²) in [5.41, 5.74) is 6.69. The highest BCUT2D eigenvalue weighted by atomic mass is 16.5. The van der Waals surface area contributed by atoms with E-state index < -0.39 is 17.6 Å². The molecule has 2 aromatic carbocycles. The molecule has 0 spiro atoms. The molecule has 4 rings (SSSR count). The third kappa shape index (κ3) is 3.24. The van der Waals surface area contributed by atoms with Gasteiger partial charge in [-0.2, -0.15) is 0 Å². The molecule has 7 nitrogen and oxygen atoms in total. The topological polar surface area (TPSA) is 91.1 Å². The lowest BCUT2D eigenvalue weighted by Gasteiger charge is -2.52. The van der Waals surface area contributed by atoms with Crippen LogP contribution < -0.4 is 19.9 Å². The Labute approximate surface area is 175 Å². The van der Waals surface area contributed by atoms with Crippen molar-refractivity contribution >= 4 is 11.8 Å². The fourth-order valence-electron chi connectivity index (χ4n) is 4.66. The molecule has 2 amide bonds. The van der Waals surface area contributed by atoms with Crippen LogP contribution in [0.1, 0.15) is 30.4 Å². The quantitative estimate of drug-likeness (QED) is 0.739. The Bertz CT molecular complexity index is 991. The van der Waals surface area contributed by atoms with Crippen molar-refractivity contribution in [1.82, 2.24) is 4.90 Å². The second-order valence-corrected chi connectivity index (χ2v) is 7.93. The van der Waals surface area contributed by atoms with E-state index in [-0.39, 0.29) is 11.8 Å². The molecule has 2 heterocycles. The number of likely N-dealkylation sites (tertiary alicyclic amines) is 1. The second kappa shape index (κ2) is 7.55. The minimum Gasteiger partial charge on any atom is -0.493 e. The Hall–Kier alpha value is -3.22. The van der Waals surface area contributed by atoms with Gasteiger partial charge in [-0.3, -0.25) is 9.59 Å². The highest BCUT2D eigenvalue weighted by Gasteiger charge is 2.55. The molecule has 0 aliphatic carbocycles. The maximum absolute atomic E-state index is 13.3. The predicted octanol–water partition coefficient (Wildman–Crippen LogP) is 2.47. The number of carbonyl (C=O) groups is 2. The van der Waals surface area contributed by atoms with Gasteiger partial charge in [0.05, 0.1) is 14.2 Å². The van der Waals surface area contributed by atoms with Crippen LogP contribution in [0.2, 0.25) is 0 Å². The van der Waals surface area contributed by atoms with Gasteiger partial charge in [0, 0.05) is 18.9 Å². The normalized spacial score (nSPS) is 24.6. The minimum atomic E-state index is -0.895. The van der Waals surface area contributed by atoms with Crippen LogP contribution in [0.3, 0.4) is 0 Å². The number of primary amides is 1. The monoisotopic (exact) mass is 410 g/mol. The molecule has 7 heteroatoms. The van der Waals surface area contributed by atoms with Crippen LogP contribution in [0.4, 0.5) is 0 Å². The Kier molecular flexibility index (Phi) is 5.05. The van der Waals surface area contributed by atoms with E-state index in [0.29, 0.717) is 36.6 Å². The number of benzene rings is 2. The number of nitrogens with zero attached hydrogens (tertiary/aromatic N) is 1. The molecular formula is C23H26N2O5. The fraction of sp³-hybridized carbons (Fsp3) is 0.391. The number of hydrogen-bond acceptors (Lipinski definition) is 5.